The average molecular weight is 254 g/mol. The van der Waals surface area contributed by atoms with E-state index < -0.39 is 12.1 Å². The highest BCUT2D eigenvalue weighted by molar-refractivity contribution is 5.96. The van der Waals surface area contributed by atoms with E-state index in [-0.39, 0.29) is 5.91 Å². The molecule has 0 saturated heterocycles. The fourth-order valence-electron chi connectivity index (χ4n) is 1.28. The first-order chi connectivity index (χ1) is 8.52. The number of imide groups is 1. The molecule has 1 aromatic heterocycles. The summed E-state index contributed by atoms with van der Waals surface area (Å²) in [5, 5.41) is 11.4. The Kier molecular flexibility index (Phi) is 5.31. The highest BCUT2D eigenvalue weighted by Crippen LogP contribution is 2.01. The molecule has 1 rings (SSSR count). The lowest BCUT2D eigenvalue weighted by molar-refractivity contribution is -0.121. The number of aryl methyl sites for hydroxylation is 1. The van der Waals surface area contributed by atoms with Gasteiger partial charge in [0, 0.05) is 19.2 Å². The maximum Gasteiger partial charge on any atom is 0.321 e. The summed E-state index contributed by atoms with van der Waals surface area (Å²) in [6.07, 6.45) is 0. The number of rotatable bonds is 5. The van der Waals surface area contributed by atoms with Gasteiger partial charge < -0.3 is 15.2 Å². The van der Waals surface area contributed by atoms with Gasteiger partial charge in [0.2, 0.25) is 5.91 Å². The maximum atomic E-state index is 11.6. The first-order valence-corrected chi connectivity index (χ1v) is 5.77. The predicted molar refractivity (Wildman–Crippen MR) is 64.8 cm³/mol. The molecular formula is C11H18N4O3. The smallest absolute Gasteiger partial charge is 0.321 e. The van der Waals surface area contributed by atoms with Crippen molar-refractivity contribution in [2.45, 2.75) is 33.4 Å². The van der Waals surface area contributed by atoms with Gasteiger partial charge in [0.25, 0.3) is 0 Å². The Hall–Kier alpha value is -1.89. The van der Waals surface area contributed by atoms with Crippen LogP contribution in [0.4, 0.5) is 4.79 Å². The van der Waals surface area contributed by atoms with Crippen LogP contribution in [-0.4, -0.2) is 29.7 Å². The van der Waals surface area contributed by atoms with Gasteiger partial charge in [-0.3, -0.25) is 10.1 Å². The first-order valence-electron chi connectivity index (χ1n) is 5.77. The van der Waals surface area contributed by atoms with Gasteiger partial charge in [-0.1, -0.05) is 5.16 Å². The normalized spacial score (nSPS) is 11.9. The minimum Gasteiger partial charge on any atom is -0.361 e. The Morgan fingerprint density at radius 2 is 2.22 bits per heavy atom. The minimum atomic E-state index is -0.496. The average Bonchev–Trinajstić information content (AvgIpc) is 2.72. The van der Waals surface area contributed by atoms with Gasteiger partial charge in [0.1, 0.15) is 5.76 Å². The van der Waals surface area contributed by atoms with Gasteiger partial charge in [0.05, 0.1) is 11.7 Å². The van der Waals surface area contributed by atoms with Crippen LogP contribution in [0.3, 0.4) is 0 Å². The van der Waals surface area contributed by atoms with Crippen LogP contribution >= 0.6 is 0 Å². The van der Waals surface area contributed by atoms with Crippen LogP contribution in [0.5, 0.6) is 0 Å². The van der Waals surface area contributed by atoms with Crippen molar-refractivity contribution in [3.05, 3.63) is 17.5 Å². The van der Waals surface area contributed by atoms with Crippen molar-refractivity contribution in [2.24, 2.45) is 0 Å². The number of hydrogen-bond donors (Lipinski definition) is 3. The van der Waals surface area contributed by atoms with Gasteiger partial charge in [-0.15, -0.1) is 0 Å². The first kappa shape index (κ1) is 14.2. The molecule has 7 nitrogen and oxygen atoms in total. The number of hydrogen-bond acceptors (Lipinski definition) is 5. The molecule has 0 aliphatic rings. The van der Waals surface area contributed by atoms with E-state index >= 15 is 0 Å². The van der Waals surface area contributed by atoms with E-state index in [1.165, 1.54) is 0 Å². The molecule has 0 aliphatic carbocycles. The highest BCUT2D eigenvalue weighted by Gasteiger charge is 2.15. The Morgan fingerprint density at radius 1 is 1.50 bits per heavy atom. The molecule has 1 atom stereocenters. The standard InChI is InChI=1S/C11H18N4O3/c1-4-12-11(17)14-10(16)8(3)13-6-9-5-7(2)18-15-9/h5,8,13H,4,6H2,1-3H3,(H2,12,14,16,17). The van der Waals surface area contributed by atoms with Gasteiger partial charge in [-0.25, -0.2) is 4.79 Å². The molecule has 0 bridgehead atoms. The van der Waals surface area contributed by atoms with Gasteiger partial charge in [-0.2, -0.15) is 0 Å². The largest absolute Gasteiger partial charge is 0.361 e. The van der Waals surface area contributed by atoms with Crippen LogP contribution in [-0.2, 0) is 11.3 Å². The van der Waals surface area contributed by atoms with Crippen LogP contribution < -0.4 is 16.0 Å². The molecule has 1 heterocycles. The number of carbonyl (C=O) groups excluding carboxylic acids is 2. The van der Waals surface area contributed by atoms with Crippen LogP contribution in [0.15, 0.2) is 10.6 Å². The van der Waals surface area contributed by atoms with E-state index in [0.717, 1.165) is 0 Å². The maximum absolute atomic E-state index is 11.6. The fraction of sp³-hybridized carbons (Fsp3) is 0.545. The van der Waals surface area contributed by atoms with Gasteiger partial charge in [0.15, 0.2) is 0 Å². The topological polar surface area (TPSA) is 96.3 Å². The van der Waals surface area contributed by atoms with E-state index in [1.54, 1.807) is 26.8 Å². The summed E-state index contributed by atoms with van der Waals surface area (Å²) in [6.45, 7) is 6.11. The quantitative estimate of drug-likeness (QED) is 0.702. The van der Waals surface area contributed by atoms with E-state index in [0.29, 0.717) is 24.5 Å². The third-order valence-corrected chi connectivity index (χ3v) is 2.23. The highest BCUT2D eigenvalue weighted by atomic mass is 16.5. The molecule has 1 unspecified atom stereocenters. The van der Waals surface area contributed by atoms with E-state index in [2.05, 4.69) is 21.1 Å². The Balaban J connectivity index is 2.33. The van der Waals surface area contributed by atoms with Crippen molar-refractivity contribution in [3.63, 3.8) is 0 Å². The molecule has 0 aliphatic heterocycles. The van der Waals surface area contributed by atoms with Crippen molar-refractivity contribution in [1.29, 1.82) is 0 Å². The number of aromatic nitrogens is 1. The summed E-state index contributed by atoms with van der Waals surface area (Å²) in [6, 6.07) is 0.791. The number of nitrogens with zero attached hydrogens (tertiary/aromatic N) is 1. The van der Waals surface area contributed by atoms with E-state index in [1.807, 2.05) is 0 Å². The number of nitrogens with one attached hydrogen (secondary N) is 3. The number of amides is 3. The van der Waals surface area contributed by atoms with E-state index in [4.69, 9.17) is 4.52 Å². The zero-order valence-electron chi connectivity index (χ0n) is 10.7. The second-order valence-electron chi connectivity index (χ2n) is 3.88. The van der Waals surface area contributed by atoms with Crippen LogP contribution in [0, 0.1) is 6.92 Å². The minimum absolute atomic E-state index is 0.388. The molecule has 0 spiro atoms. The van der Waals surface area contributed by atoms with Crippen molar-refractivity contribution in [2.75, 3.05) is 6.54 Å². The second kappa shape index (κ2) is 6.75. The summed E-state index contributed by atoms with van der Waals surface area (Å²) in [5.74, 6) is 0.326. The van der Waals surface area contributed by atoms with Crippen LogP contribution in [0.1, 0.15) is 25.3 Å². The third kappa shape index (κ3) is 4.54. The number of urea groups is 1. The molecule has 0 saturated carbocycles. The molecule has 18 heavy (non-hydrogen) atoms. The van der Waals surface area contributed by atoms with Crippen molar-refractivity contribution >= 4 is 11.9 Å². The van der Waals surface area contributed by atoms with Crippen LogP contribution in [0.25, 0.3) is 0 Å². The Morgan fingerprint density at radius 3 is 2.78 bits per heavy atom. The number of carbonyl (C=O) groups is 2. The molecule has 0 fully saturated rings. The molecule has 3 amide bonds. The van der Waals surface area contributed by atoms with Gasteiger partial charge in [-0.05, 0) is 20.8 Å². The molecule has 7 heteroatoms. The summed E-state index contributed by atoms with van der Waals surface area (Å²) in [4.78, 5) is 22.7. The zero-order chi connectivity index (χ0) is 13.5. The van der Waals surface area contributed by atoms with Crippen molar-refractivity contribution < 1.29 is 14.1 Å². The summed E-state index contributed by atoms with van der Waals surface area (Å²) in [7, 11) is 0. The third-order valence-electron chi connectivity index (χ3n) is 2.23. The molecule has 0 aromatic carbocycles. The Bertz CT molecular complexity index is 416. The zero-order valence-corrected chi connectivity index (χ0v) is 10.7. The monoisotopic (exact) mass is 254 g/mol. The summed E-state index contributed by atoms with van der Waals surface area (Å²) < 4.78 is 4.90. The predicted octanol–water partition coefficient (Wildman–Crippen LogP) is 0.307. The Labute approximate surface area is 105 Å². The molecule has 100 valence electrons. The molecule has 1 aromatic rings. The van der Waals surface area contributed by atoms with Crippen LogP contribution in [0.2, 0.25) is 0 Å². The SMILES string of the molecule is CCNC(=O)NC(=O)C(C)NCc1cc(C)on1. The van der Waals surface area contributed by atoms with E-state index in [9.17, 15) is 9.59 Å². The summed E-state index contributed by atoms with van der Waals surface area (Å²) >= 11 is 0. The molecular weight excluding hydrogens is 236 g/mol. The molecule has 0 radical (unpaired) electrons. The molecule has 3 N–H and O–H groups in total. The van der Waals surface area contributed by atoms with Crippen molar-refractivity contribution in [3.8, 4) is 0 Å². The second-order valence-corrected chi connectivity index (χ2v) is 3.88. The lowest BCUT2D eigenvalue weighted by Crippen LogP contribution is -2.47. The van der Waals surface area contributed by atoms with Gasteiger partial charge >= 0.3 is 6.03 Å². The lowest BCUT2D eigenvalue weighted by Gasteiger charge is -2.12. The lowest BCUT2D eigenvalue weighted by atomic mass is 10.3. The summed E-state index contributed by atoms with van der Waals surface area (Å²) in [5.41, 5.74) is 0.713. The fourth-order valence-corrected chi connectivity index (χ4v) is 1.28. The van der Waals surface area contributed by atoms with Crippen molar-refractivity contribution in [1.82, 2.24) is 21.1 Å².